The number of carbonyl (C=O) groups excluding carboxylic acids is 2. The van der Waals surface area contributed by atoms with E-state index in [4.69, 9.17) is 0 Å². The van der Waals surface area contributed by atoms with Crippen LogP contribution < -0.4 is 5.11 Å². The molecule has 7 nitrogen and oxygen atoms in total. The molecule has 2 rings (SSSR count). The van der Waals surface area contributed by atoms with Crippen molar-refractivity contribution in [2.75, 3.05) is 11.5 Å². The molecule has 8 heteroatoms. The molecule has 0 aromatic rings. The number of nitrogens with zero attached hydrogens (tertiary/aromatic N) is 2. The summed E-state index contributed by atoms with van der Waals surface area (Å²) in [5.74, 6) is -1.89. The second kappa shape index (κ2) is 4.10. The number of amides is 1. The molecule has 0 unspecified atom stereocenters. The van der Waals surface area contributed by atoms with E-state index in [2.05, 4.69) is 5.10 Å². The molecule has 2 aliphatic heterocycles. The highest BCUT2D eigenvalue weighted by molar-refractivity contribution is 7.91. The second-order valence-corrected chi connectivity index (χ2v) is 6.36. The molecular weight excluding hydrogens is 248 g/mol. The molecule has 1 amide bonds. The fourth-order valence-corrected chi connectivity index (χ4v) is 3.66. The van der Waals surface area contributed by atoms with Crippen LogP contribution in [0.3, 0.4) is 0 Å². The third kappa shape index (κ3) is 2.46. The van der Waals surface area contributed by atoms with Crippen molar-refractivity contribution in [2.45, 2.75) is 25.3 Å². The Morgan fingerprint density at radius 2 is 2.12 bits per heavy atom. The standard InChI is InChI=1S/C9H12N2O5S/c12-8-2-1-7(9(13)14)10-11(8)6-3-4-17(15,16)5-6/h6H,1-5H2,(H,13,14)/p-1/t6-/m0/s1. The van der Waals surface area contributed by atoms with Crippen molar-refractivity contribution in [3.8, 4) is 0 Å². The lowest BCUT2D eigenvalue weighted by Crippen LogP contribution is -2.44. The fourth-order valence-electron chi connectivity index (χ4n) is 1.97. The SMILES string of the molecule is O=C([O-])C1=NN([C@H]2CCS(=O)(=O)C2)C(=O)CC1. The molecule has 1 atom stereocenters. The van der Waals surface area contributed by atoms with Crippen molar-refractivity contribution < 1.29 is 23.1 Å². The van der Waals surface area contributed by atoms with Crippen LogP contribution >= 0.6 is 0 Å². The van der Waals surface area contributed by atoms with Crippen molar-refractivity contribution in [1.29, 1.82) is 0 Å². The number of hydrogen-bond acceptors (Lipinski definition) is 6. The molecule has 2 aliphatic rings. The largest absolute Gasteiger partial charge is 0.543 e. The Balaban J connectivity index is 2.22. The summed E-state index contributed by atoms with van der Waals surface area (Å²) in [5.41, 5.74) is -0.200. The van der Waals surface area contributed by atoms with Gasteiger partial charge < -0.3 is 9.90 Å². The van der Waals surface area contributed by atoms with Crippen LogP contribution in [0.15, 0.2) is 5.10 Å². The summed E-state index contributed by atoms with van der Waals surface area (Å²) in [6.07, 6.45) is 0.373. The molecule has 0 saturated carbocycles. The summed E-state index contributed by atoms with van der Waals surface area (Å²) in [4.78, 5) is 22.2. The topological polar surface area (TPSA) is 107 Å². The van der Waals surface area contributed by atoms with Gasteiger partial charge in [0.05, 0.1) is 29.2 Å². The van der Waals surface area contributed by atoms with Gasteiger partial charge in [-0.1, -0.05) is 0 Å². The molecular formula is C9H11N2O5S-. The monoisotopic (exact) mass is 259 g/mol. The zero-order valence-corrected chi connectivity index (χ0v) is 9.77. The average molecular weight is 259 g/mol. The lowest BCUT2D eigenvalue weighted by molar-refractivity contribution is -0.294. The van der Waals surface area contributed by atoms with Gasteiger partial charge in [0.25, 0.3) is 0 Å². The van der Waals surface area contributed by atoms with Crippen LogP contribution in [0.1, 0.15) is 19.3 Å². The van der Waals surface area contributed by atoms with E-state index in [1.807, 2.05) is 0 Å². The van der Waals surface area contributed by atoms with E-state index in [1.54, 1.807) is 0 Å². The van der Waals surface area contributed by atoms with Crippen molar-refractivity contribution >= 4 is 27.4 Å². The van der Waals surface area contributed by atoms with Crippen LogP contribution in [0, 0.1) is 0 Å². The number of hydrogen-bond donors (Lipinski definition) is 0. The van der Waals surface area contributed by atoms with Gasteiger partial charge in [0.2, 0.25) is 5.91 Å². The highest BCUT2D eigenvalue weighted by atomic mass is 32.2. The van der Waals surface area contributed by atoms with Crippen molar-refractivity contribution in [2.24, 2.45) is 5.10 Å². The number of carboxylic acid groups (broad SMARTS) is 1. The van der Waals surface area contributed by atoms with E-state index >= 15 is 0 Å². The van der Waals surface area contributed by atoms with Gasteiger partial charge in [-0.2, -0.15) is 5.10 Å². The van der Waals surface area contributed by atoms with Crippen LogP contribution in [-0.4, -0.2) is 48.6 Å². The van der Waals surface area contributed by atoms with Gasteiger partial charge in [-0.15, -0.1) is 0 Å². The molecule has 0 radical (unpaired) electrons. The van der Waals surface area contributed by atoms with E-state index in [1.165, 1.54) is 0 Å². The highest BCUT2D eigenvalue weighted by Gasteiger charge is 2.36. The molecule has 2 heterocycles. The molecule has 0 aliphatic carbocycles. The van der Waals surface area contributed by atoms with Crippen LogP contribution in [0.2, 0.25) is 0 Å². The number of hydrazone groups is 1. The molecule has 0 bridgehead atoms. The minimum absolute atomic E-state index is 0.0115. The maximum absolute atomic E-state index is 11.6. The summed E-state index contributed by atoms with van der Waals surface area (Å²) in [7, 11) is -3.13. The van der Waals surface area contributed by atoms with Crippen LogP contribution in [0.5, 0.6) is 0 Å². The summed E-state index contributed by atoms with van der Waals surface area (Å²) >= 11 is 0. The first kappa shape index (κ1) is 12.0. The van der Waals surface area contributed by atoms with Gasteiger partial charge in [0.15, 0.2) is 9.84 Å². The molecule has 0 N–H and O–H groups in total. The summed E-state index contributed by atoms with van der Waals surface area (Å²) in [6.45, 7) is 0. The number of sulfone groups is 1. The highest BCUT2D eigenvalue weighted by Crippen LogP contribution is 2.21. The quantitative estimate of drug-likeness (QED) is 0.564. The van der Waals surface area contributed by atoms with Gasteiger partial charge in [0.1, 0.15) is 0 Å². The Morgan fingerprint density at radius 3 is 2.65 bits per heavy atom. The van der Waals surface area contributed by atoms with Crippen molar-refractivity contribution in [3.63, 3.8) is 0 Å². The summed E-state index contributed by atoms with van der Waals surface area (Å²) in [5, 5.41) is 15.3. The smallest absolute Gasteiger partial charge is 0.243 e. The van der Waals surface area contributed by atoms with Gasteiger partial charge in [0, 0.05) is 12.8 Å². The first-order valence-corrected chi connectivity index (χ1v) is 7.02. The maximum atomic E-state index is 11.6. The Kier molecular flexibility index (Phi) is 2.90. The minimum atomic E-state index is -3.13. The maximum Gasteiger partial charge on any atom is 0.243 e. The van der Waals surface area contributed by atoms with Gasteiger partial charge in [-0.3, -0.25) is 4.79 Å². The van der Waals surface area contributed by atoms with E-state index < -0.39 is 21.8 Å². The Morgan fingerprint density at radius 1 is 1.41 bits per heavy atom. The molecule has 17 heavy (non-hydrogen) atoms. The normalized spacial score (nSPS) is 28.0. The number of carbonyl (C=O) groups is 2. The Bertz CT molecular complexity index is 496. The van der Waals surface area contributed by atoms with E-state index in [9.17, 15) is 23.1 Å². The van der Waals surface area contributed by atoms with Crippen LogP contribution in [0.4, 0.5) is 0 Å². The summed E-state index contributed by atoms with van der Waals surface area (Å²) in [6, 6.07) is -0.540. The predicted octanol–water partition coefficient (Wildman–Crippen LogP) is -2.10. The Labute approximate surface area is 98.0 Å². The number of aliphatic carboxylic acids is 1. The lowest BCUT2D eigenvalue weighted by Gasteiger charge is -2.28. The van der Waals surface area contributed by atoms with Gasteiger partial charge in [-0.25, -0.2) is 13.4 Å². The van der Waals surface area contributed by atoms with E-state index in [0.29, 0.717) is 6.42 Å². The zero-order valence-electron chi connectivity index (χ0n) is 8.96. The number of carboxylic acids is 1. The first-order valence-electron chi connectivity index (χ1n) is 5.20. The third-order valence-corrected chi connectivity index (χ3v) is 4.60. The van der Waals surface area contributed by atoms with Crippen molar-refractivity contribution in [3.05, 3.63) is 0 Å². The minimum Gasteiger partial charge on any atom is -0.543 e. The molecule has 0 spiro atoms. The lowest BCUT2D eigenvalue weighted by atomic mass is 10.1. The molecule has 1 saturated heterocycles. The molecule has 0 aromatic heterocycles. The Hall–Kier alpha value is -1.44. The predicted molar refractivity (Wildman–Crippen MR) is 55.6 cm³/mol. The van der Waals surface area contributed by atoms with Gasteiger partial charge in [-0.05, 0) is 6.42 Å². The average Bonchev–Trinajstić information content (AvgIpc) is 2.59. The fraction of sp³-hybridized carbons (Fsp3) is 0.667. The molecule has 94 valence electrons. The molecule has 0 aromatic carbocycles. The first-order chi connectivity index (χ1) is 7.89. The van der Waals surface area contributed by atoms with Crippen LogP contribution in [0.25, 0.3) is 0 Å². The van der Waals surface area contributed by atoms with E-state index in [0.717, 1.165) is 5.01 Å². The number of rotatable bonds is 2. The van der Waals surface area contributed by atoms with Gasteiger partial charge >= 0.3 is 0 Å². The summed E-state index contributed by atoms with van der Waals surface area (Å²) < 4.78 is 22.6. The second-order valence-electron chi connectivity index (χ2n) is 4.13. The van der Waals surface area contributed by atoms with Crippen LogP contribution in [-0.2, 0) is 19.4 Å². The van der Waals surface area contributed by atoms with Crippen molar-refractivity contribution in [1.82, 2.24) is 5.01 Å². The zero-order chi connectivity index (χ0) is 12.6. The van der Waals surface area contributed by atoms with E-state index in [-0.39, 0.29) is 36.0 Å². The molecule has 1 fully saturated rings. The third-order valence-electron chi connectivity index (χ3n) is 2.85.